The molecule has 0 rings (SSSR count). The maximum absolute atomic E-state index is 12.4. The van der Waals surface area contributed by atoms with Crippen molar-refractivity contribution in [1.82, 2.24) is 5.32 Å². The summed E-state index contributed by atoms with van der Waals surface area (Å²) in [7, 11) is 0. The van der Waals surface area contributed by atoms with Crippen LogP contribution in [0.5, 0.6) is 0 Å². The van der Waals surface area contributed by atoms with Gasteiger partial charge < -0.3 is 20.3 Å². The van der Waals surface area contributed by atoms with Gasteiger partial charge in [-0.05, 0) is 32.1 Å². The van der Waals surface area contributed by atoms with Crippen LogP contribution in [0.2, 0.25) is 0 Å². The van der Waals surface area contributed by atoms with Crippen molar-refractivity contribution < 1.29 is 24.5 Å². The number of hydrogen-bond acceptors (Lipinski definition) is 5. The minimum absolute atomic E-state index is 0.0193. The molecule has 1 amide bonds. The predicted octanol–water partition coefficient (Wildman–Crippen LogP) is 18.5. The van der Waals surface area contributed by atoms with E-state index in [1.165, 1.54) is 270 Å². The number of amides is 1. The van der Waals surface area contributed by atoms with Crippen LogP contribution in [0.1, 0.15) is 335 Å². The third kappa shape index (κ3) is 52.0. The first-order valence-corrected chi connectivity index (χ1v) is 30.0. The van der Waals surface area contributed by atoms with Crippen LogP contribution in [0.25, 0.3) is 0 Å². The van der Waals surface area contributed by atoms with Gasteiger partial charge in [-0.25, -0.2) is 0 Å². The third-order valence-electron chi connectivity index (χ3n) is 14.1. The highest BCUT2D eigenvalue weighted by Crippen LogP contribution is 2.18. The van der Waals surface area contributed by atoms with E-state index in [4.69, 9.17) is 4.74 Å². The van der Waals surface area contributed by atoms with Gasteiger partial charge in [0, 0.05) is 12.8 Å². The van der Waals surface area contributed by atoms with Crippen molar-refractivity contribution in [2.24, 2.45) is 0 Å². The number of aliphatic hydroxyl groups excluding tert-OH is 2. The Kier molecular flexibility index (Phi) is 55.0. The second-order valence-corrected chi connectivity index (χ2v) is 20.7. The molecule has 0 aromatic carbocycles. The van der Waals surface area contributed by atoms with Gasteiger partial charge >= 0.3 is 5.97 Å². The Balaban J connectivity index is 3.31. The average Bonchev–Trinajstić information content (AvgIpc) is 3.32. The number of esters is 1. The molecule has 66 heavy (non-hydrogen) atoms. The minimum atomic E-state index is -0.839. The Labute approximate surface area is 412 Å². The van der Waals surface area contributed by atoms with Crippen LogP contribution < -0.4 is 5.32 Å². The monoisotopic (exact) mass is 932 g/mol. The Morgan fingerprint density at radius 3 is 1.03 bits per heavy atom. The molecule has 3 N–H and O–H groups in total. The lowest BCUT2D eigenvalue weighted by atomic mass is 10.0. The molecule has 0 bridgehead atoms. The minimum Gasteiger partial charge on any atom is -0.466 e. The fraction of sp³-hybridized carbons (Fsp3) is 0.933. The molecule has 0 radical (unpaired) electrons. The van der Waals surface area contributed by atoms with Crippen LogP contribution in [0.4, 0.5) is 0 Å². The number of allylic oxidation sites excluding steroid dienone is 1. The van der Waals surface area contributed by atoms with Crippen LogP contribution in [0.15, 0.2) is 12.2 Å². The molecule has 0 aromatic heterocycles. The van der Waals surface area contributed by atoms with Crippen LogP contribution in [-0.2, 0) is 14.3 Å². The second-order valence-electron chi connectivity index (χ2n) is 20.7. The molecule has 0 aliphatic carbocycles. The Bertz CT molecular complexity index is 986. The lowest BCUT2D eigenvalue weighted by molar-refractivity contribution is -0.143. The highest BCUT2D eigenvalue weighted by atomic mass is 16.5. The van der Waals surface area contributed by atoms with Gasteiger partial charge in [0.2, 0.25) is 5.91 Å². The summed E-state index contributed by atoms with van der Waals surface area (Å²) in [5.41, 5.74) is 0. The molecule has 2 atom stereocenters. The van der Waals surface area contributed by atoms with Crippen molar-refractivity contribution in [3.05, 3.63) is 12.2 Å². The summed E-state index contributed by atoms with van der Waals surface area (Å²) in [5, 5.41) is 22.9. The van der Waals surface area contributed by atoms with Gasteiger partial charge in [-0.2, -0.15) is 0 Å². The fourth-order valence-corrected chi connectivity index (χ4v) is 9.46. The maximum atomic E-state index is 12.4. The van der Waals surface area contributed by atoms with E-state index in [9.17, 15) is 19.8 Å². The normalized spacial score (nSPS) is 12.6. The van der Waals surface area contributed by atoms with Crippen molar-refractivity contribution in [2.75, 3.05) is 13.2 Å². The van der Waals surface area contributed by atoms with E-state index < -0.39 is 12.1 Å². The second kappa shape index (κ2) is 56.2. The van der Waals surface area contributed by atoms with Gasteiger partial charge in [-0.1, -0.05) is 302 Å². The highest BCUT2D eigenvalue weighted by molar-refractivity contribution is 5.76. The Morgan fingerprint density at radius 1 is 0.409 bits per heavy atom. The van der Waals surface area contributed by atoms with Crippen molar-refractivity contribution in [1.29, 1.82) is 0 Å². The summed E-state index contributed by atoms with van der Waals surface area (Å²) in [4.78, 5) is 24.4. The molecular weight excluding hydrogens is 815 g/mol. The summed E-state index contributed by atoms with van der Waals surface area (Å²) in [6.45, 7) is 4.89. The third-order valence-corrected chi connectivity index (χ3v) is 14.1. The molecule has 2 unspecified atom stereocenters. The molecule has 0 aliphatic heterocycles. The number of hydrogen-bond donors (Lipinski definition) is 3. The molecule has 0 aliphatic rings. The first-order chi connectivity index (χ1) is 32.5. The molecule has 6 heteroatoms. The topological polar surface area (TPSA) is 95.9 Å². The molecular formula is C60H117NO5. The first kappa shape index (κ1) is 64.6. The zero-order valence-electron chi connectivity index (χ0n) is 44.7. The zero-order valence-corrected chi connectivity index (χ0v) is 44.7. The largest absolute Gasteiger partial charge is 0.466 e. The van der Waals surface area contributed by atoms with E-state index in [2.05, 4.69) is 19.2 Å². The Hall–Kier alpha value is -1.40. The molecule has 0 fully saturated rings. The standard InChI is InChI=1S/C60H117NO5/c1-3-5-7-9-11-13-14-34-38-42-46-50-54-60(65)66-55-51-47-43-39-35-32-30-28-26-24-22-20-18-16-15-17-19-21-23-25-27-29-31-33-37-41-45-49-53-59(64)61-57(56-62)58(63)52-48-44-40-36-12-10-8-6-4-2/h48,52,57-58,62-63H,3-47,49-51,53-56H2,1-2H3,(H,61,64)/b52-48+. The Morgan fingerprint density at radius 2 is 0.697 bits per heavy atom. The van der Waals surface area contributed by atoms with Crippen molar-refractivity contribution in [3.63, 3.8) is 0 Å². The number of ether oxygens (including phenoxy) is 1. The van der Waals surface area contributed by atoms with Crippen LogP contribution in [-0.4, -0.2) is 47.4 Å². The zero-order chi connectivity index (χ0) is 47.9. The number of aliphatic hydroxyl groups is 2. The summed E-state index contributed by atoms with van der Waals surface area (Å²) in [6.07, 6.45) is 67.0. The molecule has 0 saturated carbocycles. The van der Waals surface area contributed by atoms with Crippen LogP contribution in [0, 0.1) is 0 Å². The van der Waals surface area contributed by atoms with Crippen molar-refractivity contribution in [2.45, 2.75) is 347 Å². The first-order valence-electron chi connectivity index (χ1n) is 30.0. The quantitative estimate of drug-likeness (QED) is 0.0321. The molecule has 6 nitrogen and oxygen atoms in total. The van der Waals surface area contributed by atoms with Gasteiger partial charge in [-0.3, -0.25) is 9.59 Å². The average molecular weight is 933 g/mol. The van der Waals surface area contributed by atoms with E-state index >= 15 is 0 Å². The predicted molar refractivity (Wildman–Crippen MR) is 287 cm³/mol. The number of carbonyl (C=O) groups is 2. The van der Waals surface area contributed by atoms with E-state index in [1.807, 2.05) is 6.08 Å². The molecule has 0 aromatic rings. The van der Waals surface area contributed by atoms with E-state index in [1.54, 1.807) is 6.08 Å². The lowest BCUT2D eigenvalue weighted by Crippen LogP contribution is -2.45. The molecule has 392 valence electrons. The van der Waals surface area contributed by atoms with E-state index in [0.717, 1.165) is 38.5 Å². The SMILES string of the molecule is CCCCCCCCC/C=C/C(O)C(CO)NC(=O)CCCCCCCCCCCCCCCCCCCCCCCCCCCCCCOC(=O)CCCCCCCCCCCCCC. The van der Waals surface area contributed by atoms with Crippen LogP contribution >= 0.6 is 0 Å². The van der Waals surface area contributed by atoms with Gasteiger partial charge in [0.1, 0.15) is 0 Å². The van der Waals surface area contributed by atoms with E-state index in [-0.39, 0.29) is 18.5 Å². The highest BCUT2D eigenvalue weighted by Gasteiger charge is 2.18. The van der Waals surface area contributed by atoms with Gasteiger partial charge in [-0.15, -0.1) is 0 Å². The maximum Gasteiger partial charge on any atom is 0.305 e. The lowest BCUT2D eigenvalue weighted by Gasteiger charge is -2.20. The summed E-state index contributed by atoms with van der Waals surface area (Å²) in [6, 6.07) is -0.622. The summed E-state index contributed by atoms with van der Waals surface area (Å²) < 4.78 is 5.48. The number of rotatable bonds is 56. The van der Waals surface area contributed by atoms with E-state index in [0.29, 0.717) is 19.4 Å². The fourth-order valence-electron chi connectivity index (χ4n) is 9.46. The molecule has 0 heterocycles. The van der Waals surface area contributed by atoms with Gasteiger partial charge in [0.05, 0.1) is 25.4 Å². The van der Waals surface area contributed by atoms with Crippen molar-refractivity contribution in [3.8, 4) is 0 Å². The number of carbonyl (C=O) groups excluding carboxylic acids is 2. The summed E-state index contributed by atoms with van der Waals surface area (Å²) >= 11 is 0. The van der Waals surface area contributed by atoms with Gasteiger partial charge in [0.25, 0.3) is 0 Å². The summed E-state index contributed by atoms with van der Waals surface area (Å²) in [5.74, 6) is -0.0470. The number of unbranched alkanes of at least 4 members (excludes halogenated alkanes) is 45. The molecule has 0 saturated heterocycles. The van der Waals surface area contributed by atoms with Gasteiger partial charge in [0.15, 0.2) is 0 Å². The van der Waals surface area contributed by atoms with Crippen LogP contribution in [0.3, 0.4) is 0 Å². The molecule has 0 spiro atoms. The number of nitrogens with one attached hydrogen (secondary N) is 1. The smallest absolute Gasteiger partial charge is 0.305 e. The van der Waals surface area contributed by atoms with Crippen molar-refractivity contribution >= 4 is 11.9 Å².